The molecule has 86 valence electrons. The molecule has 1 heteroatoms. The molecule has 2 aliphatic carbocycles. The highest BCUT2D eigenvalue weighted by Gasteiger charge is 2.57. The highest BCUT2D eigenvalue weighted by Crippen LogP contribution is 2.66. The first-order valence-electron chi connectivity index (χ1n) is 6.29. The molecule has 0 heterocycles. The fourth-order valence-corrected chi connectivity index (χ4v) is 3.43. The van der Waals surface area contributed by atoms with Crippen LogP contribution in [0.1, 0.15) is 44.2 Å². The first-order valence-corrected chi connectivity index (χ1v) is 6.29. The first-order chi connectivity index (χ1) is 8.11. The van der Waals surface area contributed by atoms with Gasteiger partial charge < -0.3 is 0 Å². The molecule has 0 amide bonds. The van der Waals surface area contributed by atoms with E-state index in [0.717, 1.165) is 6.42 Å². The molecule has 1 nitrogen and oxygen atoms in total. The molecule has 1 spiro atoms. The first kappa shape index (κ1) is 10.6. The maximum absolute atomic E-state index is 8.94. The van der Waals surface area contributed by atoms with Gasteiger partial charge in [-0.15, -0.1) is 0 Å². The van der Waals surface area contributed by atoms with Gasteiger partial charge in [0.1, 0.15) is 0 Å². The van der Waals surface area contributed by atoms with E-state index in [1.807, 2.05) is 0 Å². The Bertz CT molecular complexity index is 539. The van der Waals surface area contributed by atoms with Gasteiger partial charge in [0.05, 0.1) is 6.07 Å². The monoisotopic (exact) mass is 223 g/mol. The molecule has 0 atom stereocenters. The van der Waals surface area contributed by atoms with Crippen LogP contribution < -0.4 is 0 Å². The number of hydrogen-bond acceptors (Lipinski definition) is 1. The summed E-state index contributed by atoms with van der Waals surface area (Å²) in [5.41, 5.74) is 4.61. The third-order valence-electron chi connectivity index (χ3n) is 4.89. The zero-order chi connectivity index (χ0) is 12.1. The Morgan fingerprint density at radius 2 is 1.94 bits per heavy atom. The maximum Gasteiger partial charge on any atom is 0.0915 e. The second-order valence-corrected chi connectivity index (χ2v) is 5.93. The minimum Gasteiger partial charge on any atom is -0.193 e. The van der Waals surface area contributed by atoms with Crippen LogP contribution in [0.3, 0.4) is 0 Å². The van der Waals surface area contributed by atoms with Crippen molar-refractivity contribution in [3.8, 4) is 6.07 Å². The summed E-state index contributed by atoms with van der Waals surface area (Å²) in [6.45, 7) is 4.73. The predicted molar refractivity (Wildman–Crippen MR) is 69.3 cm³/mol. The maximum atomic E-state index is 8.94. The molecule has 0 aliphatic heterocycles. The lowest BCUT2D eigenvalue weighted by molar-refractivity contribution is 0.287. The van der Waals surface area contributed by atoms with Crippen molar-refractivity contribution in [2.75, 3.05) is 0 Å². The van der Waals surface area contributed by atoms with E-state index in [-0.39, 0.29) is 5.41 Å². The van der Waals surface area contributed by atoms with Crippen molar-refractivity contribution in [1.82, 2.24) is 0 Å². The summed E-state index contributed by atoms with van der Waals surface area (Å²) in [5, 5.41) is 8.94. The zero-order valence-corrected chi connectivity index (χ0v) is 10.5. The molecular formula is C16H17N. The van der Waals surface area contributed by atoms with Gasteiger partial charge in [0, 0.05) is 6.08 Å². The van der Waals surface area contributed by atoms with Crippen molar-refractivity contribution >= 4 is 5.57 Å². The van der Waals surface area contributed by atoms with Gasteiger partial charge in [-0.2, -0.15) is 5.26 Å². The van der Waals surface area contributed by atoms with Gasteiger partial charge in [-0.25, -0.2) is 0 Å². The number of allylic oxidation sites excluding steroid dienone is 2. The van der Waals surface area contributed by atoms with E-state index in [4.69, 9.17) is 5.26 Å². The minimum atomic E-state index is 0.246. The van der Waals surface area contributed by atoms with E-state index in [0.29, 0.717) is 5.41 Å². The van der Waals surface area contributed by atoms with Crippen LogP contribution in [0.4, 0.5) is 0 Å². The molecule has 0 saturated heterocycles. The van der Waals surface area contributed by atoms with Crippen molar-refractivity contribution in [2.45, 2.75) is 38.5 Å². The van der Waals surface area contributed by atoms with Gasteiger partial charge in [-0.1, -0.05) is 38.1 Å². The van der Waals surface area contributed by atoms with E-state index >= 15 is 0 Å². The summed E-state index contributed by atoms with van der Waals surface area (Å²) in [6, 6.07) is 10.8. The van der Waals surface area contributed by atoms with Gasteiger partial charge >= 0.3 is 0 Å². The molecule has 0 radical (unpaired) electrons. The largest absolute Gasteiger partial charge is 0.193 e. The van der Waals surface area contributed by atoms with Crippen molar-refractivity contribution in [3.63, 3.8) is 0 Å². The second kappa shape index (κ2) is 3.23. The van der Waals surface area contributed by atoms with Gasteiger partial charge in [-0.05, 0) is 46.8 Å². The SMILES string of the molecule is CC1(C)c2ccccc2C(=CC#N)CC12CC2. The van der Waals surface area contributed by atoms with Crippen molar-refractivity contribution < 1.29 is 0 Å². The van der Waals surface area contributed by atoms with Crippen LogP contribution in [-0.4, -0.2) is 0 Å². The van der Waals surface area contributed by atoms with Crippen molar-refractivity contribution in [3.05, 3.63) is 41.5 Å². The fourth-order valence-electron chi connectivity index (χ4n) is 3.43. The molecule has 2 aliphatic rings. The van der Waals surface area contributed by atoms with Crippen LogP contribution in [-0.2, 0) is 5.41 Å². The third kappa shape index (κ3) is 1.30. The summed E-state index contributed by atoms with van der Waals surface area (Å²) in [7, 11) is 0. The van der Waals surface area contributed by atoms with E-state index in [2.05, 4.69) is 44.2 Å². The molecule has 1 aromatic carbocycles. The topological polar surface area (TPSA) is 23.8 Å². The molecule has 0 aromatic heterocycles. The average molecular weight is 223 g/mol. The standard InChI is InChI=1S/C16H17N/c1-15(2)14-6-4-3-5-13(14)12(7-10-17)11-16(15)8-9-16/h3-7H,8-9,11H2,1-2H3. The third-order valence-corrected chi connectivity index (χ3v) is 4.89. The van der Waals surface area contributed by atoms with Gasteiger partial charge in [0.2, 0.25) is 0 Å². The number of benzene rings is 1. The molecule has 0 unspecified atom stereocenters. The highest BCUT2D eigenvalue weighted by molar-refractivity contribution is 5.75. The highest BCUT2D eigenvalue weighted by atomic mass is 14.6. The van der Waals surface area contributed by atoms with Crippen LogP contribution in [0.2, 0.25) is 0 Å². The number of hydrogen-bond donors (Lipinski definition) is 0. The van der Waals surface area contributed by atoms with Crippen LogP contribution in [0, 0.1) is 16.7 Å². The summed E-state index contributed by atoms with van der Waals surface area (Å²) in [5.74, 6) is 0. The molecule has 1 fully saturated rings. The molecule has 3 rings (SSSR count). The van der Waals surface area contributed by atoms with Gasteiger partial charge in [-0.3, -0.25) is 0 Å². The summed E-state index contributed by atoms with van der Waals surface area (Å²) >= 11 is 0. The minimum absolute atomic E-state index is 0.246. The van der Waals surface area contributed by atoms with Crippen molar-refractivity contribution in [2.24, 2.45) is 5.41 Å². The molecule has 0 bridgehead atoms. The lowest BCUT2D eigenvalue weighted by Crippen LogP contribution is -2.35. The lowest BCUT2D eigenvalue weighted by atomic mass is 9.61. The quantitative estimate of drug-likeness (QED) is 0.608. The zero-order valence-electron chi connectivity index (χ0n) is 10.5. The Morgan fingerprint density at radius 3 is 2.59 bits per heavy atom. The Hall–Kier alpha value is -1.55. The Morgan fingerprint density at radius 1 is 1.24 bits per heavy atom. The van der Waals surface area contributed by atoms with E-state index in [9.17, 15) is 0 Å². The van der Waals surface area contributed by atoms with Crippen LogP contribution in [0.5, 0.6) is 0 Å². The number of fused-ring (bicyclic) bond motifs is 1. The smallest absolute Gasteiger partial charge is 0.0915 e. The normalized spacial score (nSPS) is 25.4. The van der Waals surface area contributed by atoms with E-state index in [1.54, 1.807) is 6.08 Å². The molecular weight excluding hydrogens is 206 g/mol. The van der Waals surface area contributed by atoms with Crippen LogP contribution >= 0.6 is 0 Å². The van der Waals surface area contributed by atoms with Gasteiger partial charge in [0.15, 0.2) is 0 Å². The Kier molecular flexibility index (Phi) is 2.01. The van der Waals surface area contributed by atoms with Gasteiger partial charge in [0.25, 0.3) is 0 Å². The molecule has 1 saturated carbocycles. The predicted octanol–water partition coefficient (Wildman–Crippen LogP) is 4.06. The summed E-state index contributed by atoms with van der Waals surface area (Å²) in [6.07, 6.45) is 5.42. The number of rotatable bonds is 0. The van der Waals surface area contributed by atoms with Crippen molar-refractivity contribution in [1.29, 1.82) is 5.26 Å². The molecule has 0 N–H and O–H groups in total. The average Bonchev–Trinajstić information content (AvgIpc) is 3.08. The Labute approximate surface area is 103 Å². The van der Waals surface area contributed by atoms with E-state index < -0.39 is 0 Å². The number of nitrogens with zero attached hydrogens (tertiary/aromatic N) is 1. The van der Waals surface area contributed by atoms with Crippen LogP contribution in [0.15, 0.2) is 30.3 Å². The summed E-state index contributed by atoms with van der Waals surface area (Å²) < 4.78 is 0. The molecule has 1 aromatic rings. The van der Waals surface area contributed by atoms with E-state index in [1.165, 1.54) is 29.5 Å². The number of nitriles is 1. The fraction of sp³-hybridized carbons (Fsp3) is 0.438. The Balaban J connectivity index is 2.24. The lowest BCUT2D eigenvalue weighted by Gasteiger charge is -2.42. The van der Waals surface area contributed by atoms with Crippen LogP contribution in [0.25, 0.3) is 5.57 Å². The second-order valence-electron chi connectivity index (χ2n) is 5.93. The molecule has 17 heavy (non-hydrogen) atoms. The summed E-state index contributed by atoms with van der Waals surface area (Å²) in [4.78, 5) is 0.